The Morgan fingerprint density at radius 3 is 2.87 bits per heavy atom. The highest BCUT2D eigenvalue weighted by Gasteiger charge is 2.23. The summed E-state index contributed by atoms with van der Waals surface area (Å²) >= 11 is 5.65. The van der Waals surface area contributed by atoms with Crippen LogP contribution in [0.4, 0.5) is 5.82 Å². The fourth-order valence-corrected chi connectivity index (χ4v) is 1.33. The summed E-state index contributed by atoms with van der Waals surface area (Å²) in [6, 6.07) is 0. The van der Waals surface area contributed by atoms with Gasteiger partial charge in [0.05, 0.1) is 12.2 Å². The van der Waals surface area contributed by atoms with E-state index in [1.165, 1.54) is 12.8 Å². The highest BCUT2D eigenvalue weighted by atomic mass is 35.5. The zero-order chi connectivity index (χ0) is 10.8. The van der Waals surface area contributed by atoms with Gasteiger partial charge in [-0.2, -0.15) is 4.98 Å². The molecular formula is C9H11ClN4O. The van der Waals surface area contributed by atoms with Gasteiger partial charge in [-0.25, -0.2) is 4.98 Å². The lowest BCUT2D eigenvalue weighted by Gasteiger charge is -2.08. The first-order chi connectivity index (χ1) is 7.20. The monoisotopic (exact) mass is 226 g/mol. The van der Waals surface area contributed by atoms with Crippen LogP contribution in [-0.4, -0.2) is 22.8 Å². The normalized spacial score (nSPS) is 15.0. The molecule has 0 amide bonds. The van der Waals surface area contributed by atoms with Crippen molar-refractivity contribution < 1.29 is 4.74 Å². The first-order valence-electron chi connectivity index (χ1n) is 4.67. The SMILES string of the molecule is N=Cc1c(N)nc(Cl)nc1OCC1CC1. The van der Waals surface area contributed by atoms with Crippen molar-refractivity contribution in [2.45, 2.75) is 12.8 Å². The Balaban J connectivity index is 2.21. The summed E-state index contributed by atoms with van der Waals surface area (Å²) in [4.78, 5) is 7.65. The molecule has 1 aliphatic carbocycles. The number of halogens is 1. The third-order valence-corrected chi connectivity index (χ3v) is 2.38. The van der Waals surface area contributed by atoms with E-state index >= 15 is 0 Å². The van der Waals surface area contributed by atoms with E-state index in [1.54, 1.807) is 0 Å². The molecule has 0 unspecified atom stereocenters. The molecule has 6 heteroatoms. The zero-order valence-electron chi connectivity index (χ0n) is 8.03. The number of ether oxygens (including phenoxy) is 1. The van der Waals surface area contributed by atoms with Gasteiger partial charge in [-0.05, 0) is 30.4 Å². The van der Waals surface area contributed by atoms with Crippen LogP contribution in [0.2, 0.25) is 5.28 Å². The van der Waals surface area contributed by atoms with Gasteiger partial charge in [-0.1, -0.05) is 0 Å². The molecule has 1 aromatic heterocycles. The van der Waals surface area contributed by atoms with Crippen LogP contribution in [-0.2, 0) is 0 Å². The van der Waals surface area contributed by atoms with Crippen molar-refractivity contribution in [3.63, 3.8) is 0 Å². The van der Waals surface area contributed by atoms with Crippen molar-refractivity contribution in [2.75, 3.05) is 12.3 Å². The molecule has 2 rings (SSSR count). The Bertz CT molecular complexity index is 392. The number of aromatic nitrogens is 2. The van der Waals surface area contributed by atoms with Crippen molar-refractivity contribution in [1.29, 1.82) is 5.41 Å². The van der Waals surface area contributed by atoms with Crippen LogP contribution in [0.3, 0.4) is 0 Å². The summed E-state index contributed by atoms with van der Waals surface area (Å²) < 4.78 is 5.45. The van der Waals surface area contributed by atoms with Gasteiger partial charge < -0.3 is 15.9 Å². The van der Waals surface area contributed by atoms with Gasteiger partial charge >= 0.3 is 0 Å². The Kier molecular flexibility index (Phi) is 2.73. The number of nitrogens with one attached hydrogen (secondary N) is 1. The fraction of sp³-hybridized carbons (Fsp3) is 0.444. The molecule has 1 aromatic rings. The number of nitrogen functional groups attached to an aromatic ring is 1. The maximum absolute atomic E-state index is 7.19. The molecule has 5 nitrogen and oxygen atoms in total. The van der Waals surface area contributed by atoms with E-state index in [4.69, 9.17) is 27.5 Å². The van der Waals surface area contributed by atoms with E-state index < -0.39 is 0 Å². The van der Waals surface area contributed by atoms with Gasteiger partial charge in [0, 0.05) is 6.21 Å². The minimum absolute atomic E-state index is 0.0453. The first-order valence-corrected chi connectivity index (χ1v) is 5.04. The molecule has 0 aromatic carbocycles. The van der Waals surface area contributed by atoms with Crippen LogP contribution in [0.1, 0.15) is 18.4 Å². The van der Waals surface area contributed by atoms with Crippen molar-refractivity contribution in [2.24, 2.45) is 5.92 Å². The molecule has 0 saturated heterocycles. The third kappa shape index (κ3) is 2.36. The predicted molar refractivity (Wildman–Crippen MR) is 57.6 cm³/mol. The Labute approximate surface area is 92.1 Å². The highest BCUT2D eigenvalue weighted by molar-refractivity contribution is 6.28. The Morgan fingerprint density at radius 1 is 1.53 bits per heavy atom. The fourth-order valence-electron chi connectivity index (χ4n) is 1.17. The second-order valence-corrected chi connectivity index (χ2v) is 3.83. The molecule has 15 heavy (non-hydrogen) atoms. The van der Waals surface area contributed by atoms with E-state index in [0.29, 0.717) is 24.0 Å². The van der Waals surface area contributed by atoms with Gasteiger partial charge in [-0.3, -0.25) is 0 Å². The van der Waals surface area contributed by atoms with Crippen LogP contribution in [0.5, 0.6) is 5.88 Å². The summed E-state index contributed by atoms with van der Waals surface area (Å²) in [5, 5.41) is 7.23. The van der Waals surface area contributed by atoms with E-state index in [0.717, 1.165) is 6.21 Å². The van der Waals surface area contributed by atoms with E-state index in [-0.39, 0.29) is 11.1 Å². The molecular weight excluding hydrogens is 216 g/mol. The summed E-state index contributed by atoms with van der Waals surface area (Å²) in [6.45, 7) is 0.605. The molecule has 0 aliphatic heterocycles. The minimum atomic E-state index is 0.0453. The molecule has 80 valence electrons. The number of anilines is 1. The van der Waals surface area contributed by atoms with E-state index in [1.807, 2.05) is 0 Å². The van der Waals surface area contributed by atoms with Crippen molar-refractivity contribution in [3.05, 3.63) is 10.8 Å². The molecule has 0 spiro atoms. The molecule has 1 aliphatic rings. The van der Waals surface area contributed by atoms with Gasteiger partial charge in [-0.15, -0.1) is 0 Å². The molecule has 0 bridgehead atoms. The second kappa shape index (κ2) is 4.02. The molecule has 3 N–H and O–H groups in total. The summed E-state index contributed by atoms with van der Waals surface area (Å²) in [6.07, 6.45) is 3.45. The van der Waals surface area contributed by atoms with Crippen molar-refractivity contribution in [3.8, 4) is 5.88 Å². The van der Waals surface area contributed by atoms with E-state index in [2.05, 4.69) is 9.97 Å². The topological polar surface area (TPSA) is 84.9 Å². The van der Waals surface area contributed by atoms with Crippen LogP contribution in [0.25, 0.3) is 0 Å². The van der Waals surface area contributed by atoms with Crippen LogP contribution >= 0.6 is 11.6 Å². The summed E-state index contributed by atoms with van der Waals surface area (Å²) in [5.41, 5.74) is 5.98. The molecule has 1 heterocycles. The van der Waals surface area contributed by atoms with Gasteiger partial charge in [0.2, 0.25) is 11.2 Å². The van der Waals surface area contributed by atoms with Crippen LogP contribution in [0.15, 0.2) is 0 Å². The maximum Gasteiger partial charge on any atom is 0.228 e. The average Bonchev–Trinajstić information content (AvgIpc) is 2.97. The van der Waals surface area contributed by atoms with Gasteiger partial charge in [0.1, 0.15) is 5.82 Å². The molecule has 0 radical (unpaired) electrons. The lowest BCUT2D eigenvalue weighted by Crippen LogP contribution is -2.07. The molecule has 1 fully saturated rings. The number of rotatable bonds is 4. The Morgan fingerprint density at radius 2 is 2.27 bits per heavy atom. The number of hydrogen-bond donors (Lipinski definition) is 2. The molecule has 0 atom stereocenters. The standard InChI is InChI=1S/C9H11ClN4O/c10-9-13-7(12)6(3-11)8(14-9)15-4-5-1-2-5/h3,5,11H,1-2,4H2,(H2,12,13,14). The zero-order valence-corrected chi connectivity index (χ0v) is 8.79. The highest BCUT2D eigenvalue weighted by Crippen LogP contribution is 2.30. The summed E-state index contributed by atoms with van der Waals surface area (Å²) in [5.74, 6) is 1.09. The van der Waals surface area contributed by atoms with E-state index in [9.17, 15) is 0 Å². The number of nitrogens with zero attached hydrogens (tertiary/aromatic N) is 2. The largest absolute Gasteiger partial charge is 0.477 e. The Hall–Kier alpha value is -1.36. The maximum atomic E-state index is 7.19. The quantitative estimate of drug-likeness (QED) is 0.602. The number of nitrogens with two attached hydrogens (primary N) is 1. The predicted octanol–water partition coefficient (Wildman–Crippen LogP) is 1.50. The first kappa shape index (κ1) is 10.2. The minimum Gasteiger partial charge on any atom is -0.477 e. The van der Waals surface area contributed by atoms with Gasteiger partial charge in [0.25, 0.3) is 0 Å². The van der Waals surface area contributed by atoms with Crippen molar-refractivity contribution in [1.82, 2.24) is 9.97 Å². The average molecular weight is 227 g/mol. The second-order valence-electron chi connectivity index (χ2n) is 3.50. The lowest BCUT2D eigenvalue weighted by molar-refractivity contribution is 0.288. The van der Waals surface area contributed by atoms with Gasteiger partial charge in [0.15, 0.2) is 0 Å². The van der Waals surface area contributed by atoms with Crippen molar-refractivity contribution >= 4 is 23.6 Å². The third-order valence-electron chi connectivity index (χ3n) is 2.21. The van der Waals surface area contributed by atoms with Crippen LogP contribution < -0.4 is 10.5 Å². The van der Waals surface area contributed by atoms with Crippen LogP contribution in [0, 0.1) is 11.3 Å². The number of hydrogen-bond acceptors (Lipinski definition) is 5. The lowest BCUT2D eigenvalue weighted by atomic mass is 10.3. The molecule has 1 saturated carbocycles. The summed E-state index contributed by atoms with van der Waals surface area (Å²) in [7, 11) is 0. The smallest absolute Gasteiger partial charge is 0.228 e.